The zero-order valence-electron chi connectivity index (χ0n) is 19.5. The molecule has 1 fully saturated rings. The predicted octanol–water partition coefficient (Wildman–Crippen LogP) is 3.98. The Labute approximate surface area is 198 Å². The van der Waals surface area contributed by atoms with E-state index in [1.807, 2.05) is 6.07 Å². The molecule has 0 N–H and O–H groups in total. The van der Waals surface area contributed by atoms with Crippen molar-refractivity contribution in [2.75, 3.05) is 13.1 Å². The molecule has 178 valence electrons. The minimum absolute atomic E-state index is 0.151. The van der Waals surface area contributed by atoms with Crippen molar-refractivity contribution in [3.63, 3.8) is 0 Å². The Balaban J connectivity index is 1.22. The van der Waals surface area contributed by atoms with E-state index < -0.39 is 12.1 Å². The minimum atomic E-state index is -0.837. The van der Waals surface area contributed by atoms with Gasteiger partial charge in [-0.2, -0.15) is 4.98 Å². The zero-order valence-corrected chi connectivity index (χ0v) is 19.5. The van der Waals surface area contributed by atoms with Crippen LogP contribution in [-0.2, 0) is 22.6 Å². The average Bonchev–Trinajstić information content (AvgIpc) is 3.28. The van der Waals surface area contributed by atoms with Crippen molar-refractivity contribution in [3.8, 4) is 5.75 Å². The normalized spacial score (nSPS) is 15.1. The van der Waals surface area contributed by atoms with Crippen LogP contribution in [0.3, 0.4) is 0 Å². The molecule has 2 aromatic carbocycles. The van der Waals surface area contributed by atoms with Crippen LogP contribution in [0.4, 0.5) is 0 Å². The molecule has 0 spiro atoms. The van der Waals surface area contributed by atoms with Gasteiger partial charge in [-0.15, -0.1) is 0 Å². The summed E-state index contributed by atoms with van der Waals surface area (Å²) in [4.78, 5) is 31.2. The smallest absolute Gasteiger partial charge is 0.338 e. The fraction of sp³-hybridized carbons (Fsp3) is 0.385. The van der Waals surface area contributed by atoms with Crippen molar-refractivity contribution < 1.29 is 23.6 Å². The van der Waals surface area contributed by atoms with E-state index in [0.717, 1.165) is 19.3 Å². The largest absolute Gasteiger partial charge is 0.485 e. The van der Waals surface area contributed by atoms with Gasteiger partial charge in [-0.25, -0.2) is 4.79 Å². The second-order valence-electron chi connectivity index (χ2n) is 8.55. The monoisotopic (exact) mass is 463 g/mol. The Hall–Kier alpha value is -3.68. The van der Waals surface area contributed by atoms with Crippen LogP contribution in [0.1, 0.15) is 47.4 Å². The van der Waals surface area contributed by atoms with Gasteiger partial charge in [0.05, 0.1) is 5.56 Å². The van der Waals surface area contributed by atoms with Crippen LogP contribution < -0.4 is 4.74 Å². The van der Waals surface area contributed by atoms with Gasteiger partial charge in [0.25, 0.3) is 5.91 Å². The number of benzene rings is 2. The summed E-state index contributed by atoms with van der Waals surface area (Å²) in [7, 11) is 0. The molecule has 0 saturated carbocycles. The number of esters is 1. The zero-order chi connectivity index (χ0) is 23.9. The van der Waals surface area contributed by atoms with Crippen molar-refractivity contribution in [3.05, 3.63) is 77.4 Å². The van der Waals surface area contributed by atoms with E-state index >= 15 is 0 Å². The maximum absolute atomic E-state index is 12.8. The number of likely N-dealkylation sites (tertiary alicyclic amines) is 1. The van der Waals surface area contributed by atoms with Crippen LogP contribution in [0, 0.1) is 12.8 Å². The molecule has 2 heterocycles. The minimum Gasteiger partial charge on any atom is -0.485 e. The van der Waals surface area contributed by atoms with Gasteiger partial charge >= 0.3 is 5.97 Å². The molecular formula is C26H29N3O5. The summed E-state index contributed by atoms with van der Waals surface area (Å²) in [5.74, 6) is 1.34. The average molecular weight is 464 g/mol. The summed E-state index contributed by atoms with van der Waals surface area (Å²) >= 11 is 0. The van der Waals surface area contributed by atoms with Gasteiger partial charge in [-0.1, -0.05) is 35.5 Å². The highest BCUT2D eigenvalue weighted by atomic mass is 16.5. The van der Waals surface area contributed by atoms with Gasteiger partial charge < -0.3 is 18.9 Å². The number of hydrogen-bond acceptors (Lipinski definition) is 7. The van der Waals surface area contributed by atoms with Gasteiger partial charge in [-0.05, 0) is 61.9 Å². The van der Waals surface area contributed by atoms with Crippen LogP contribution in [0.2, 0.25) is 0 Å². The van der Waals surface area contributed by atoms with E-state index in [0.29, 0.717) is 42.0 Å². The standard InChI is InChI=1S/C26H29N3O5/c1-18(25(30)29-14-12-21(13-15-29)16-20-6-4-3-5-7-20)33-26(31)22-8-10-23(11-9-22)32-17-24-27-19(2)34-28-24/h3-11,18,21H,12-17H2,1-2H3. The first-order chi connectivity index (χ1) is 16.5. The molecule has 0 radical (unpaired) electrons. The molecule has 8 heteroatoms. The lowest BCUT2D eigenvalue weighted by Crippen LogP contribution is -2.44. The molecule has 1 unspecified atom stereocenters. The van der Waals surface area contributed by atoms with E-state index in [9.17, 15) is 9.59 Å². The molecule has 4 rings (SSSR count). The summed E-state index contributed by atoms with van der Waals surface area (Å²) in [6.07, 6.45) is 2.09. The molecule has 1 aliphatic rings. The quantitative estimate of drug-likeness (QED) is 0.466. The first kappa shape index (κ1) is 23.5. The Bertz CT molecular complexity index is 1090. The van der Waals surface area contributed by atoms with Crippen molar-refractivity contribution in [1.29, 1.82) is 0 Å². The highest BCUT2D eigenvalue weighted by Crippen LogP contribution is 2.23. The van der Waals surface area contributed by atoms with Gasteiger partial charge in [0.15, 0.2) is 12.7 Å². The molecule has 3 aromatic rings. The molecule has 1 atom stereocenters. The SMILES string of the molecule is Cc1nc(COc2ccc(C(=O)OC(C)C(=O)N3CCC(Cc4ccccc4)CC3)cc2)no1. The maximum atomic E-state index is 12.8. The first-order valence-corrected chi connectivity index (χ1v) is 11.5. The predicted molar refractivity (Wildman–Crippen MR) is 124 cm³/mol. The van der Waals surface area contributed by atoms with Crippen LogP contribution in [0.25, 0.3) is 0 Å². The van der Waals surface area contributed by atoms with Gasteiger partial charge in [0.1, 0.15) is 5.75 Å². The number of ether oxygens (including phenoxy) is 2. The fourth-order valence-corrected chi connectivity index (χ4v) is 4.08. The van der Waals surface area contributed by atoms with E-state index in [4.69, 9.17) is 14.0 Å². The van der Waals surface area contributed by atoms with Gasteiger partial charge in [-0.3, -0.25) is 4.79 Å². The fourth-order valence-electron chi connectivity index (χ4n) is 4.08. The Morgan fingerprint density at radius 1 is 1.09 bits per heavy atom. The molecule has 1 amide bonds. The summed E-state index contributed by atoms with van der Waals surface area (Å²) < 4.78 is 15.9. The van der Waals surface area contributed by atoms with Crippen molar-refractivity contribution in [1.82, 2.24) is 15.0 Å². The number of amides is 1. The number of nitrogens with zero attached hydrogens (tertiary/aromatic N) is 3. The Morgan fingerprint density at radius 3 is 2.44 bits per heavy atom. The third-order valence-electron chi connectivity index (χ3n) is 5.95. The van der Waals surface area contributed by atoms with E-state index in [1.165, 1.54) is 5.56 Å². The third-order valence-corrected chi connectivity index (χ3v) is 5.95. The maximum Gasteiger partial charge on any atom is 0.338 e. The molecule has 1 saturated heterocycles. The molecule has 0 aliphatic carbocycles. The summed E-state index contributed by atoms with van der Waals surface area (Å²) in [6, 6.07) is 17.0. The van der Waals surface area contributed by atoms with Crippen LogP contribution in [-0.4, -0.2) is 46.1 Å². The van der Waals surface area contributed by atoms with Crippen LogP contribution in [0.15, 0.2) is 59.1 Å². The number of aromatic nitrogens is 2. The van der Waals surface area contributed by atoms with E-state index in [-0.39, 0.29) is 12.5 Å². The second kappa shape index (κ2) is 11.0. The number of piperidine rings is 1. The van der Waals surface area contributed by atoms with Crippen molar-refractivity contribution >= 4 is 11.9 Å². The number of carbonyl (C=O) groups is 2. The van der Waals surface area contributed by atoms with E-state index in [1.54, 1.807) is 43.0 Å². The number of carbonyl (C=O) groups excluding carboxylic acids is 2. The van der Waals surface area contributed by atoms with Gasteiger partial charge in [0.2, 0.25) is 11.7 Å². The lowest BCUT2D eigenvalue weighted by molar-refractivity contribution is -0.141. The lowest BCUT2D eigenvalue weighted by Gasteiger charge is -2.33. The molecular weight excluding hydrogens is 434 g/mol. The molecule has 8 nitrogen and oxygen atoms in total. The van der Waals surface area contributed by atoms with E-state index in [2.05, 4.69) is 34.4 Å². The lowest BCUT2D eigenvalue weighted by atomic mass is 9.90. The first-order valence-electron chi connectivity index (χ1n) is 11.5. The summed E-state index contributed by atoms with van der Waals surface area (Å²) in [5, 5.41) is 3.77. The Kier molecular flexibility index (Phi) is 7.57. The summed E-state index contributed by atoms with van der Waals surface area (Å²) in [6.45, 7) is 4.86. The second-order valence-corrected chi connectivity index (χ2v) is 8.55. The molecule has 0 bridgehead atoms. The van der Waals surface area contributed by atoms with Crippen molar-refractivity contribution in [2.24, 2.45) is 5.92 Å². The highest BCUT2D eigenvalue weighted by Gasteiger charge is 2.28. The van der Waals surface area contributed by atoms with Gasteiger partial charge in [0, 0.05) is 20.0 Å². The molecule has 1 aromatic heterocycles. The number of hydrogen-bond donors (Lipinski definition) is 0. The third kappa shape index (κ3) is 6.21. The molecule has 34 heavy (non-hydrogen) atoms. The number of aryl methyl sites for hydroxylation is 1. The van der Waals surface area contributed by atoms with Crippen molar-refractivity contribution in [2.45, 2.75) is 45.8 Å². The number of rotatable bonds is 8. The summed E-state index contributed by atoms with van der Waals surface area (Å²) in [5.41, 5.74) is 1.68. The topological polar surface area (TPSA) is 94.8 Å². The van der Waals surface area contributed by atoms with Crippen LogP contribution in [0.5, 0.6) is 5.75 Å². The van der Waals surface area contributed by atoms with Crippen LogP contribution >= 0.6 is 0 Å². The Morgan fingerprint density at radius 2 is 1.79 bits per heavy atom. The highest BCUT2D eigenvalue weighted by molar-refractivity contribution is 5.92. The molecule has 1 aliphatic heterocycles.